The molecule has 0 aliphatic heterocycles. The van der Waals surface area contributed by atoms with Crippen LogP contribution in [0.4, 0.5) is 0 Å². The summed E-state index contributed by atoms with van der Waals surface area (Å²) in [6, 6.07) is 0. The van der Waals surface area contributed by atoms with Crippen LogP contribution < -0.4 is 5.32 Å². The van der Waals surface area contributed by atoms with Crippen molar-refractivity contribution >= 4 is 5.91 Å². The highest BCUT2D eigenvalue weighted by molar-refractivity contribution is 5.79. The summed E-state index contributed by atoms with van der Waals surface area (Å²) in [7, 11) is 0. The van der Waals surface area contributed by atoms with Gasteiger partial charge in [-0.2, -0.15) is 0 Å². The van der Waals surface area contributed by atoms with E-state index in [1.54, 1.807) is 0 Å². The average molecular weight is 303 g/mol. The Labute approximate surface area is 135 Å². The van der Waals surface area contributed by atoms with Crippen molar-refractivity contribution in [2.75, 3.05) is 0 Å². The Hall–Kier alpha value is -0.530. The topological polar surface area (TPSA) is 29.1 Å². The Bertz CT molecular complexity index is 386. The predicted octanol–water partition coefficient (Wildman–Crippen LogP) is 4.68. The fourth-order valence-electron chi connectivity index (χ4n) is 6.75. The van der Waals surface area contributed by atoms with E-state index in [4.69, 9.17) is 0 Å². The zero-order valence-electron chi connectivity index (χ0n) is 14.3. The van der Waals surface area contributed by atoms with Crippen LogP contribution in [0, 0.1) is 29.6 Å². The van der Waals surface area contributed by atoms with Crippen molar-refractivity contribution in [3.8, 4) is 0 Å². The van der Waals surface area contributed by atoms with Crippen LogP contribution in [-0.2, 0) is 4.79 Å². The number of hydrogen-bond donors (Lipinski definition) is 1. The molecule has 5 rings (SSSR count). The summed E-state index contributed by atoms with van der Waals surface area (Å²) in [6.07, 6.45) is 15.7. The number of nitrogens with one attached hydrogen (secondary N) is 1. The highest BCUT2D eigenvalue weighted by Gasteiger charge is 2.51. The average Bonchev–Trinajstić information content (AvgIpc) is 2.46. The molecule has 5 saturated carbocycles. The van der Waals surface area contributed by atoms with E-state index >= 15 is 0 Å². The summed E-state index contributed by atoms with van der Waals surface area (Å²) in [4.78, 5) is 12.8. The summed E-state index contributed by atoms with van der Waals surface area (Å²) in [5.74, 6) is 4.40. The van der Waals surface area contributed by atoms with Gasteiger partial charge in [-0.3, -0.25) is 4.79 Å². The summed E-state index contributed by atoms with van der Waals surface area (Å²) in [5.41, 5.74) is 0.214. The molecule has 5 aliphatic rings. The molecule has 0 aromatic heterocycles. The van der Waals surface area contributed by atoms with Gasteiger partial charge < -0.3 is 5.32 Å². The second kappa shape index (κ2) is 5.83. The van der Waals surface area contributed by atoms with E-state index in [0.717, 1.165) is 36.5 Å². The van der Waals surface area contributed by atoms with Crippen molar-refractivity contribution in [2.24, 2.45) is 29.6 Å². The van der Waals surface area contributed by atoms with E-state index in [1.807, 2.05) is 0 Å². The molecule has 1 N–H and O–H groups in total. The molecule has 0 atom stereocenters. The van der Waals surface area contributed by atoms with E-state index in [9.17, 15) is 4.79 Å². The van der Waals surface area contributed by atoms with Gasteiger partial charge in [0.25, 0.3) is 0 Å². The third-order valence-electron chi connectivity index (χ3n) is 7.34. The molecule has 0 aromatic carbocycles. The standard InChI is InChI=1S/C20H33NO/c1-2-3-14-4-6-18(7-5-14)19(22)21-20-11-15-8-16(12-20)10-17(9-15)13-20/h14-18H,2-13H2,1H3,(H,21,22). The minimum atomic E-state index is 0.214. The molecule has 2 nitrogen and oxygen atoms in total. The molecule has 0 aromatic rings. The van der Waals surface area contributed by atoms with E-state index in [2.05, 4.69) is 12.2 Å². The first kappa shape index (κ1) is 15.0. The van der Waals surface area contributed by atoms with Gasteiger partial charge in [-0.15, -0.1) is 0 Å². The van der Waals surface area contributed by atoms with Crippen molar-refractivity contribution in [1.29, 1.82) is 0 Å². The molecule has 5 fully saturated rings. The second-order valence-electron chi connectivity index (χ2n) is 9.19. The Morgan fingerprint density at radius 3 is 2.00 bits per heavy atom. The molecular weight excluding hydrogens is 270 g/mol. The van der Waals surface area contributed by atoms with Crippen LogP contribution in [0.1, 0.15) is 84.0 Å². The highest BCUT2D eigenvalue weighted by atomic mass is 16.2. The van der Waals surface area contributed by atoms with Crippen LogP contribution in [0.25, 0.3) is 0 Å². The molecule has 5 aliphatic carbocycles. The SMILES string of the molecule is CCCC1CCC(C(=O)NC23CC4CC(CC(C4)C2)C3)CC1. The number of amides is 1. The molecule has 4 bridgehead atoms. The molecule has 2 heteroatoms. The van der Waals surface area contributed by atoms with Crippen LogP contribution >= 0.6 is 0 Å². The summed E-state index contributed by atoms with van der Waals surface area (Å²) >= 11 is 0. The van der Waals surface area contributed by atoms with Crippen LogP contribution in [0.15, 0.2) is 0 Å². The van der Waals surface area contributed by atoms with Gasteiger partial charge in [0, 0.05) is 11.5 Å². The molecule has 124 valence electrons. The minimum absolute atomic E-state index is 0.214. The van der Waals surface area contributed by atoms with Gasteiger partial charge in [0.1, 0.15) is 0 Å². The third kappa shape index (κ3) is 2.83. The van der Waals surface area contributed by atoms with E-state index in [1.165, 1.54) is 64.2 Å². The first-order chi connectivity index (χ1) is 10.7. The quantitative estimate of drug-likeness (QED) is 0.803. The van der Waals surface area contributed by atoms with Gasteiger partial charge in [-0.25, -0.2) is 0 Å². The Balaban J connectivity index is 1.35. The van der Waals surface area contributed by atoms with Gasteiger partial charge in [-0.1, -0.05) is 19.8 Å². The zero-order valence-corrected chi connectivity index (χ0v) is 14.3. The van der Waals surface area contributed by atoms with Gasteiger partial charge >= 0.3 is 0 Å². The lowest BCUT2D eigenvalue weighted by atomic mass is 9.53. The lowest BCUT2D eigenvalue weighted by molar-refractivity contribution is -0.132. The van der Waals surface area contributed by atoms with Crippen molar-refractivity contribution in [3.63, 3.8) is 0 Å². The Morgan fingerprint density at radius 2 is 1.50 bits per heavy atom. The molecule has 0 radical (unpaired) electrons. The van der Waals surface area contributed by atoms with Crippen LogP contribution in [0.5, 0.6) is 0 Å². The lowest BCUT2D eigenvalue weighted by Crippen LogP contribution is -2.60. The van der Waals surface area contributed by atoms with Gasteiger partial charge in [0.05, 0.1) is 0 Å². The van der Waals surface area contributed by atoms with E-state index < -0.39 is 0 Å². The maximum absolute atomic E-state index is 12.8. The second-order valence-corrected chi connectivity index (χ2v) is 9.19. The largest absolute Gasteiger partial charge is 0.350 e. The van der Waals surface area contributed by atoms with Crippen LogP contribution in [-0.4, -0.2) is 11.4 Å². The molecule has 22 heavy (non-hydrogen) atoms. The molecule has 0 spiro atoms. The number of carbonyl (C=O) groups is 1. The maximum atomic E-state index is 12.8. The van der Waals surface area contributed by atoms with Crippen LogP contribution in [0.3, 0.4) is 0 Å². The zero-order chi connectivity index (χ0) is 15.2. The van der Waals surface area contributed by atoms with Crippen LogP contribution in [0.2, 0.25) is 0 Å². The first-order valence-corrected chi connectivity index (χ1v) is 9.98. The normalized spacial score (nSPS) is 46.7. The van der Waals surface area contributed by atoms with Crippen molar-refractivity contribution in [2.45, 2.75) is 89.5 Å². The lowest BCUT2D eigenvalue weighted by Gasteiger charge is -2.57. The number of rotatable bonds is 4. The molecular formula is C20H33NO. The Morgan fingerprint density at radius 1 is 0.955 bits per heavy atom. The maximum Gasteiger partial charge on any atom is 0.223 e. The van der Waals surface area contributed by atoms with Crippen molar-refractivity contribution < 1.29 is 4.79 Å². The Kier molecular flexibility index (Phi) is 3.98. The van der Waals surface area contributed by atoms with Gasteiger partial charge in [0.15, 0.2) is 0 Å². The number of hydrogen-bond acceptors (Lipinski definition) is 1. The molecule has 1 amide bonds. The molecule has 0 heterocycles. The fourth-order valence-corrected chi connectivity index (χ4v) is 6.75. The van der Waals surface area contributed by atoms with Gasteiger partial charge in [0.2, 0.25) is 5.91 Å². The molecule has 0 saturated heterocycles. The van der Waals surface area contributed by atoms with Crippen molar-refractivity contribution in [1.82, 2.24) is 5.32 Å². The third-order valence-corrected chi connectivity index (χ3v) is 7.34. The number of carbonyl (C=O) groups excluding carboxylic acids is 1. The highest BCUT2D eigenvalue weighted by Crippen LogP contribution is 2.55. The monoisotopic (exact) mass is 303 g/mol. The minimum Gasteiger partial charge on any atom is -0.350 e. The van der Waals surface area contributed by atoms with E-state index in [0.29, 0.717) is 11.8 Å². The summed E-state index contributed by atoms with van der Waals surface area (Å²) in [5, 5.41) is 3.60. The predicted molar refractivity (Wildman–Crippen MR) is 89.4 cm³/mol. The van der Waals surface area contributed by atoms with Crippen molar-refractivity contribution in [3.05, 3.63) is 0 Å². The summed E-state index contributed by atoms with van der Waals surface area (Å²) in [6.45, 7) is 2.28. The summed E-state index contributed by atoms with van der Waals surface area (Å²) < 4.78 is 0. The van der Waals surface area contributed by atoms with E-state index in [-0.39, 0.29) is 5.54 Å². The first-order valence-electron chi connectivity index (χ1n) is 9.98. The molecule has 0 unspecified atom stereocenters. The smallest absolute Gasteiger partial charge is 0.223 e. The fraction of sp³-hybridized carbons (Fsp3) is 0.950. The van der Waals surface area contributed by atoms with Gasteiger partial charge in [-0.05, 0) is 87.9 Å².